The van der Waals surface area contributed by atoms with Gasteiger partial charge in [-0.25, -0.2) is 15.0 Å². The summed E-state index contributed by atoms with van der Waals surface area (Å²) in [6, 6.07) is 2.67. The number of rotatable bonds is 6. The maximum Gasteiger partial charge on any atom is 0.169 e. The van der Waals surface area contributed by atoms with E-state index in [0.29, 0.717) is 22.5 Å². The molecule has 0 saturated carbocycles. The van der Waals surface area contributed by atoms with Crippen molar-refractivity contribution in [3.05, 3.63) is 30.4 Å². The summed E-state index contributed by atoms with van der Waals surface area (Å²) >= 11 is 0. The summed E-state index contributed by atoms with van der Waals surface area (Å²) in [4.78, 5) is 12.6. The third kappa shape index (κ3) is 3.25. The number of aliphatic hydroxyl groups excluding tert-OH is 3. The topological polar surface area (TPSA) is 175 Å². The van der Waals surface area contributed by atoms with Crippen molar-refractivity contribution in [2.24, 2.45) is 0 Å². The van der Waals surface area contributed by atoms with Crippen LogP contribution in [-0.2, 0) is 11.3 Å². The first-order chi connectivity index (χ1) is 14.5. The minimum absolute atomic E-state index is 0.0657. The van der Waals surface area contributed by atoms with Gasteiger partial charge in [0.1, 0.15) is 30.4 Å². The number of hydrogen-bond acceptors (Lipinski definition) is 11. The number of phenolic OH excluding ortho intramolecular Hbond substituents is 2. The van der Waals surface area contributed by atoms with Gasteiger partial charge >= 0.3 is 0 Å². The number of fused-ring (bicyclic) bond motifs is 1. The zero-order valence-corrected chi connectivity index (χ0v) is 15.9. The van der Waals surface area contributed by atoms with E-state index in [0.717, 1.165) is 0 Å². The molecule has 4 rings (SSSR count). The molecule has 0 unspecified atom stereocenters. The molecule has 1 fully saturated rings. The third-order valence-electron chi connectivity index (χ3n) is 5.00. The summed E-state index contributed by atoms with van der Waals surface area (Å²) in [6.45, 7) is -0.380. The molecule has 12 heteroatoms. The lowest BCUT2D eigenvalue weighted by Gasteiger charge is -2.16. The Morgan fingerprint density at radius 1 is 1.13 bits per heavy atom. The molecule has 2 aromatic heterocycles. The molecule has 160 valence electrons. The van der Waals surface area contributed by atoms with Gasteiger partial charge in [-0.05, 0) is 12.1 Å². The fraction of sp³-hybridized carbons (Fsp3) is 0.389. The number of hydrogen-bond donors (Lipinski definition) is 6. The Morgan fingerprint density at radius 2 is 1.90 bits per heavy atom. The number of aromatic nitrogens is 4. The second-order valence-electron chi connectivity index (χ2n) is 6.74. The lowest BCUT2D eigenvalue weighted by molar-refractivity contribution is -0.0511. The zero-order valence-electron chi connectivity index (χ0n) is 15.9. The van der Waals surface area contributed by atoms with E-state index in [2.05, 4.69) is 20.3 Å². The summed E-state index contributed by atoms with van der Waals surface area (Å²) in [5, 5.41) is 52.6. The number of aliphatic hydroxyl groups is 3. The average Bonchev–Trinajstić information content (AvgIpc) is 3.30. The molecule has 0 amide bonds. The third-order valence-corrected chi connectivity index (χ3v) is 5.00. The second-order valence-corrected chi connectivity index (χ2v) is 6.74. The van der Waals surface area contributed by atoms with E-state index in [4.69, 9.17) is 9.47 Å². The molecule has 0 bridgehead atoms. The van der Waals surface area contributed by atoms with Gasteiger partial charge in [0.05, 0.1) is 25.6 Å². The van der Waals surface area contributed by atoms with Crippen molar-refractivity contribution in [3.8, 4) is 17.2 Å². The first kappa shape index (κ1) is 20.1. The number of anilines is 1. The monoisotopic (exact) mass is 419 g/mol. The zero-order chi connectivity index (χ0) is 21.4. The van der Waals surface area contributed by atoms with Crippen LogP contribution in [0.4, 0.5) is 5.82 Å². The molecule has 0 aliphatic carbocycles. The van der Waals surface area contributed by atoms with E-state index in [9.17, 15) is 25.5 Å². The summed E-state index contributed by atoms with van der Waals surface area (Å²) in [6.07, 6.45) is -1.78. The van der Waals surface area contributed by atoms with Crippen molar-refractivity contribution in [3.63, 3.8) is 0 Å². The van der Waals surface area contributed by atoms with Crippen LogP contribution in [0.5, 0.6) is 17.2 Å². The van der Waals surface area contributed by atoms with Gasteiger partial charge in [0, 0.05) is 6.54 Å². The van der Waals surface area contributed by atoms with Gasteiger partial charge in [0.2, 0.25) is 0 Å². The molecule has 6 N–H and O–H groups in total. The number of phenols is 2. The van der Waals surface area contributed by atoms with Crippen LogP contribution >= 0.6 is 0 Å². The number of nitrogens with one attached hydrogen (secondary N) is 1. The number of nitrogens with zero attached hydrogens (tertiary/aromatic N) is 4. The minimum atomic E-state index is -1.28. The summed E-state index contributed by atoms with van der Waals surface area (Å²) in [5.41, 5.74) is 1.01. The quantitative estimate of drug-likeness (QED) is 0.283. The van der Waals surface area contributed by atoms with Crippen LogP contribution in [0, 0.1) is 0 Å². The molecule has 1 aliphatic heterocycles. The fourth-order valence-electron chi connectivity index (χ4n) is 3.45. The largest absolute Gasteiger partial charge is 0.507 e. The molecule has 1 saturated heterocycles. The molecule has 3 heterocycles. The smallest absolute Gasteiger partial charge is 0.169 e. The molecule has 0 spiro atoms. The van der Waals surface area contributed by atoms with Gasteiger partial charge < -0.3 is 40.3 Å². The minimum Gasteiger partial charge on any atom is -0.507 e. The van der Waals surface area contributed by atoms with Crippen LogP contribution in [0.25, 0.3) is 11.2 Å². The van der Waals surface area contributed by atoms with Crippen molar-refractivity contribution in [2.45, 2.75) is 31.1 Å². The van der Waals surface area contributed by atoms with Crippen LogP contribution in [0.3, 0.4) is 0 Å². The summed E-state index contributed by atoms with van der Waals surface area (Å²) in [5.74, 6) is 0.271. The number of imidazole rings is 1. The summed E-state index contributed by atoms with van der Waals surface area (Å²) in [7, 11) is 1.38. The molecule has 1 aliphatic rings. The van der Waals surface area contributed by atoms with E-state index >= 15 is 0 Å². The fourth-order valence-corrected chi connectivity index (χ4v) is 3.45. The molecule has 30 heavy (non-hydrogen) atoms. The van der Waals surface area contributed by atoms with Gasteiger partial charge in [-0.1, -0.05) is 0 Å². The highest BCUT2D eigenvalue weighted by Crippen LogP contribution is 2.37. The maximum absolute atomic E-state index is 10.3. The van der Waals surface area contributed by atoms with E-state index in [1.54, 1.807) is 0 Å². The Bertz CT molecular complexity index is 1060. The highest BCUT2D eigenvalue weighted by molar-refractivity contribution is 5.82. The average molecular weight is 419 g/mol. The lowest BCUT2D eigenvalue weighted by Crippen LogP contribution is -2.33. The van der Waals surface area contributed by atoms with Gasteiger partial charge in [-0.15, -0.1) is 0 Å². The molecular weight excluding hydrogens is 398 g/mol. The Balaban J connectivity index is 1.63. The molecule has 1 aromatic carbocycles. The van der Waals surface area contributed by atoms with E-state index < -0.39 is 31.1 Å². The van der Waals surface area contributed by atoms with Crippen molar-refractivity contribution in [1.82, 2.24) is 19.5 Å². The lowest BCUT2D eigenvalue weighted by atomic mass is 10.1. The predicted molar refractivity (Wildman–Crippen MR) is 102 cm³/mol. The van der Waals surface area contributed by atoms with E-state index in [1.165, 1.54) is 36.5 Å². The van der Waals surface area contributed by atoms with Crippen molar-refractivity contribution in [2.75, 3.05) is 19.0 Å². The number of benzene rings is 1. The van der Waals surface area contributed by atoms with Crippen molar-refractivity contribution < 1.29 is 35.0 Å². The Kier molecular flexibility index (Phi) is 5.30. The van der Waals surface area contributed by atoms with Gasteiger partial charge in [-0.2, -0.15) is 0 Å². The molecule has 4 atom stereocenters. The Hall–Kier alpha value is -3.19. The number of methoxy groups -OCH3 is 1. The molecule has 0 radical (unpaired) electrons. The Labute approximate surface area is 170 Å². The van der Waals surface area contributed by atoms with Gasteiger partial charge in [0.15, 0.2) is 34.7 Å². The van der Waals surface area contributed by atoms with Crippen LogP contribution in [0.15, 0.2) is 24.8 Å². The van der Waals surface area contributed by atoms with Crippen molar-refractivity contribution in [1.29, 1.82) is 0 Å². The van der Waals surface area contributed by atoms with Crippen LogP contribution < -0.4 is 10.1 Å². The van der Waals surface area contributed by atoms with E-state index in [-0.39, 0.29) is 23.8 Å². The first-order valence-electron chi connectivity index (χ1n) is 9.08. The SMILES string of the molecule is COc1c(O)ccc(O)c1CNc1ncnc2c1ncn2[C@@H]1O[C@H](CO)[C@@H](O)[C@H]1O. The van der Waals surface area contributed by atoms with Crippen molar-refractivity contribution >= 4 is 17.0 Å². The van der Waals surface area contributed by atoms with Crippen LogP contribution in [-0.4, -0.2) is 77.1 Å². The highest BCUT2D eigenvalue weighted by Gasteiger charge is 2.44. The normalized spacial score (nSPS) is 23.7. The first-order valence-corrected chi connectivity index (χ1v) is 9.08. The maximum atomic E-state index is 10.3. The Morgan fingerprint density at radius 3 is 2.60 bits per heavy atom. The van der Waals surface area contributed by atoms with Gasteiger partial charge in [0.25, 0.3) is 0 Å². The highest BCUT2D eigenvalue weighted by atomic mass is 16.6. The van der Waals surface area contributed by atoms with Crippen LogP contribution in [0.1, 0.15) is 11.8 Å². The molecule has 3 aromatic rings. The standard InChI is InChI=1S/C18H21N5O7/c1-29-15-8(9(25)2-3-10(15)26)4-19-16-12-17(21-6-20-16)23(7-22-12)18-14(28)13(27)11(5-24)30-18/h2-3,6-7,11,13-14,18,24-28H,4-5H2,1H3,(H,19,20,21)/t11-,13-,14-,18-/m1/s1. The number of ether oxygens (including phenoxy) is 2. The summed E-state index contributed by atoms with van der Waals surface area (Å²) < 4.78 is 12.1. The molecular formula is C18H21N5O7. The number of aromatic hydroxyl groups is 2. The van der Waals surface area contributed by atoms with Gasteiger partial charge in [-0.3, -0.25) is 4.57 Å². The second kappa shape index (κ2) is 7.91. The predicted octanol–water partition coefficient (Wildman–Crippen LogP) is -0.530. The molecule has 12 nitrogen and oxygen atoms in total. The van der Waals surface area contributed by atoms with Crippen LogP contribution in [0.2, 0.25) is 0 Å². The van der Waals surface area contributed by atoms with E-state index in [1.807, 2.05) is 0 Å².